The highest BCUT2D eigenvalue weighted by atomic mass is 79.9. The van der Waals surface area contributed by atoms with Gasteiger partial charge in [0.1, 0.15) is 12.4 Å². The lowest BCUT2D eigenvalue weighted by Crippen LogP contribution is -2.06. The summed E-state index contributed by atoms with van der Waals surface area (Å²) in [6.07, 6.45) is 0.987. The Hall–Kier alpha value is -1.46. The predicted octanol–water partition coefficient (Wildman–Crippen LogP) is 3.87. The molecule has 106 valence electrons. The highest BCUT2D eigenvalue weighted by molar-refractivity contribution is 9.10. The van der Waals surface area contributed by atoms with Crippen molar-refractivity contribution in [1.82, 2.24) is 9.97 Å². The summed E-state index contributed by atoms with van der Waals surface area (Å²) in [5.41, 5.74) is 1.93. The lowest BCUT2D eigenvalue weighted by molar-refractivity contribution is 0.116. The molecule has 1 heterocycles. The van der Waals surface area contributed by atoms with Crippen LogP contribution in [0.4, 0.5) is 5.82 Å². The summed E-state index contributed by atoms with van der Waals surface area (Å²) in [7, 11) is 1.85. The van der Waals surface area contributed by atoms with Crippen molar-refractivity contribution in [3.8, 4) is 11.3 Å². The van der Waals surface area contributed by atoms with Crippen LogP contribution in [-0.4, -0.2) is 23.6 Å². The van der Waals surface area contributed by atoms with Crippen molar-refractivity contribution in [2.45, 2.75) is 20.0 Å². The van der Waals surface area contributed by atoms with Crippen LogP contribution >= 0.6 is 15.9 Å². The number of hydrogen-bond acceptors (Lipinski definition) is 4. The fourth-order valence-electron chi connectivity index (χ4n) is 1.82. The second kappa shape index (κ2) is 7.36. The summed E-state index contributed by atoms with van der Waals surface area (Å²) in [4.78, 5) is 9.05. The normalized spacial score (nSPS) is 10.6. The average Bonchev–Trinajstić information content (AvgIpc) is 2.49. The molecule has 5 heteroatoms. The summed E-state index contributed by atoms with van der Waals surface area (Å²) in [5, 5.41) is 3.08. The van der Waals surface area contributed by atoms with Gasteiger partial charge in [0, 0.05) is 19.2 Å². The number of ether oxygens (including phenoxy) is 1. The largest absolute Gasteiger partial charge is 0.373 e. The summed E-state index contributed by atoms with van der Waals surface area (Å²) >= 11 is 3.57. The predicted molar refractivity (Wildman–Crippen MR) is 84.7 cm³/mol. The van der Waals surface area contributed by atoms with Crippen molar-refractivity contribution in [3.05, 3.63) is 40.6 Å². The minimum absolute atomic E-state index is 0.426. The van der Waals surface area contributed by atoms with E-state index < -0.39 is 0 Å². The molecule has 0 radical (unpaired) electrons. The second-order valence-corrected chi connectivity index (χ2v) is 5.11. The summed E-state index contributed by atoms with van der Waals surface area (Å²) < 4.78 is 6.40. The number of rotatable bonds is 6. The lowest BCUT2D eigenvalue weighted by atomic mass is 10.1. The molecule has 0 amide bonds. The Labute approximate surface area is 127 Å². The van der Waals surface area contributed by atoms with Gasteiger partial charge in [-0.25, -0.2) is 9.97 Å². The smallest absolute Gasteiger partial charge is 0.157 e. The maximum absolute atomic E-state index is 5.53. The molecule has 1 aromatic heterocycles. The van der Waals surface area contributed by atoms with Crippen LogP contribution in [0.5, 0.6) is 0 Å². The highest BCUT2D eigenvalue weighted by Crippen LogP contribution is 2.31. The molecule has 0 spiro atoms. The monoisotopic (exact) mass is 335 g/mol. The molecule has 0 aliphatic carbocycles. The van der Waals surface area contributed by atoms with Crippen molar-refractivity contribution in [2.24, 2.45) is 0 Å². The van der Waals surface area contributed by atoms with Crippen molar-refractivity contribution in [1.29, 1.82) is 0 Å². The molecule has 4 nitrogen and oxygen atoms in total. The number of aromatic nitrogens is 2. The number of halogens is 1. The third kappa shape index (κ3) is 3.55. The number of hydrogen-bond donors (Lipinski definition) is 1. The van der Waals surface area contributed by atoms with E-state index in [1.807, 2.05) is 37.4 Å². The van der Waals surface area contributed by atoms with E-state index in [1.54, 1.807) is 0 Å². The van der Waals surface area contributed by atoms with E-state index in [9.17, 15) is 0 Å². The van der Waals surface area contributed by atoms with Gasteiger partial charge in [-0.2, -0.15) is 0 Å². The molecule has 0 aliphatic heterocycles. The van der Waals surface area contributed by atoms with Crippen LogP contribution in [0.2, 0.25) is 0 Å². The zero-order valence-corrected chi connectivity index (χ0v) is 13.3. The molecule has 1 aromatic carbocycles. The number of anilines is 1. The molecule has 2 rings (SSSR count). The van der Waals surface area contributed by atoms with E-state index in [1.165, 1.54) is 0 Å². The van der Waals surface area contributed by atoms with E-state index in [-0.39, 0.29) is 0 Å². The van der Waals surface area contributed by atoms with Crippen LogP contribution in [0.15, 0.2) is 34.8 Å². The number of nitrogens with zero attached hydrogens (tertiary/aromatic N) is 2. The van der Waals surface area contributed by atoms with Crippen LogP contribution in [0.1, 0.15) is 19.2 Å². The third-order valence-corrected chi connectivity index (χ3v) is 3.51. The van der Waals surface area contributed by atoms with Crippen molar-refractivity contribution in [2.75, 3.05) is 19.0 Å². The summed E-state index contributed by atoms with van der Waals surface area (Å²) in [5.74, 6) is 1.46. The first-order valence-corrected chi connectivity index (χ1v) is 7.43. The van der Waals surface area contributed by atoms with Crippen molar-refractivity contribution >= 4 is 21.7 Å². The van der Waals surface area contributed by atoms with Gasteiger partial charge in [-0.05, 0) is 22.4 Å². The molecule has 0 bridgehead atoms. The molecule has 2 aromatic rings. The molecule has 0 atom stereocenters. The third-order valence-electron chi connectivity index (χ3n) is 2.76. The van der Waals surface area contributed by atoms with Gasteiger partial charge < -0.3 is 10.1 Å². The van der Waals surface area contributed by atoms with E-state index in [2.05, 4.69) is 38.1 Å². The van der Waals surface area contributed by atoms with E-state index >= 15 is 0 Å². The van der Waals surface area contributed by atoms with Crippen molar-refractivity contribution in [3.63, 3.8) is 0 Å². The molecular formula is C15H18BrN3O. The standard InChI is InChI=1S/C15H18BrN3O/c1-3-9-20-10-12-18-14(11-7-5-4-6-8-11)13(16)15(17-2)19-12/h4-8H,3,9-10H2,1-2H3,(H,17,18,19). The van der Waals surface area contributed by atoms with Crippen LogP contribution in [-0.2, 0) is 11.3 Å². The zero-order valence-electron chi connectivity index (χ0n) is 11.7. The van der Waals surface area contributed by atoms with Gasteiger partial charge in [0.15, 0.2) is 5.82 Å². The zero-order chi connectivity index (χ0) is 14.4. The molecule has 0 saturated heterocycles. The molecule has 0 aliphatic rings. The first-order valence-electron chi connectivity index (χ1n) is 6.63. The fraction of sp³-hybridized carbons (Fsp3) is 0.333. The molecule has 20 heavy (non-hydrogen) atoms. The maximum atomic E-state index is 5.53. The highest BCUT2D eigenvalue weighted by Gasteiger charge is 2.13. The van der Waals surface area contributed by atoms with Gasteiger partial charge in [-0.1, -0.05) is 37.3 Å². The quantitative estimate of drug-likeness (QED) is 0.814. The molecule has 0 saturated carbocycles. The van der Waals surface area contributed by atoms with Crippen LogP contribution in [0, 0.1) is 0 Å². The Bertz CT molecular complexity index is 561. The first-order chi connectivity index (χ1) is 9.76. The van der Waals surface area contributed by atoms with Crippen molar-refractivity contribution < 1.29 is 4.74 Å². The average molecular weight is 336 g/mol. The van der Waals surface area contributed by atoms with E-state index in [0.29, 0.717) is 12.4 Å². The minimum Gasteiger partial charge on any atom is -0.373 e. The Morgan fingerprint density at radius 3 is 2.60 bits per heavy atom. The van der Waals surface area contributed by atoms with Gasteiger partial charge >= 0.3 is 0 Å². The summed E-state index contributed by atoms with van der Waals surface area (Å²) in [6.45, 7) is 3.22. The molecular weight excluding hydrogens is 318 g/mol. The van der Waals surface area contributed by atoms with Gasteiger partial charge in [0.25, 0.3) is 0 Å². The Morgan fingerprint density at radius 2 is 1.95 bits per heavy atom. The van der Waals surface area contributed by atoms with Gasteiger partial charge in [0.05, 0.1) is 10.2 Å². The van der Waals surface area contributed by atoms with Gasteiger partial charge in [-0.3, -0.25) is 0 Å². The first kappa shape index (κ1) is 14.9. The Morgan fingerprint density at radius 1 is 1.20 bits per heavy atom. The SMILES string of the molecule is CCCOCc1nc(NC)c(Br)c(-c2ccccc2)n1. The van der Waals surface area contributed by atoms with Crippen LogP contribution in [0.3, 0.4) is 0 Å². The lowest BCUT2D eigenvalue weighted by Gasteiger charge is -2.11. The number of benzene rings is 1. The topological polar surface area (TPSA) is 47.0 Å². The molecule has 0 unspecified atom stereocenters. The van der Waals surface area contributed by atoms with E-state index in [0.717, 1.165) is 34.6 Å². The minimum atomic E-state index is 0.426. The molecule has 0 fully saturated rings. The maximum Gasteiger partial charge on any atom is 0.157 e. The van der Waals surface area contributed by atoms with Crippen LogP contribution < -0.4 is 5.32 Å². The Kier molecular flexibility index (Phi) is 5.49. The van der Waals surface area contributed by atoms with Gasteiger partial charge in [-0.15, -0.1) is 0 Å². The molecule has 1 N–H and O–H groups in total. The van der Waals surface area contributed by atoms with Gasteiger partial charge in [0.2, 0.25) is 0 Å². The Balaban J connectivity index is 2.37. The second-order valence-electron chi connectivity index (χ2n) is 4.32. The fourth-order valence-corrected chi connectivity index (χ4v) is 2.42. The number of nitrogens with one attached hydrogen (secondary N) is 1. The van der Waals surface area contributed by atoms with E-state index in [4.69, 9.17) is 4.74 Å². The van der Waals surface area contributed by atoms with Crippen LogP contribution in [0.25, 0.3) is 11.3 Å². The summed E-state index contributed by atoms with van der Waals surface area (Å²) in [6, 6.07) is 10.0.